The number of anilines is 1. The third-order valence-corrected chi connectivity index (χ3v) is 11.3. The van der Waals surface area contributed by atoms with Gasteiger partial charge in [0.05, 0.1) is 31.2 Å². The predicted octanol–water partition coefficient (Wildman–Crippen LogP) is 8.56. The van der Waals surface area contributed by atoms with E-state index < -0.39 is 51.9 Å². The molecule has 5 rings (SSSR count). The maximum Gasteiger partial charge on any atom is 0.416 e. The van der Waals surface area contributed by atoms with Gasteiger partial charge in [-0.1, -0.05) is 102 Å². The summed E-state index contributed by atoms with van der Waals surface area (Å²) >= 11 is 18.9. The number of hydrogen-bond donors (Lipinski definition) is 1. The first-order valence-electron chi connectivity index (χ1n) is 15.8. The first-order valence-corrected chi connectivity index (χ1v) is 18.3. The highest BCUT2D eigenvalue weighted by Gasteiger charge is 2.38. The minimum Gasteiger partial charge on any atom is -0.352 e. The fourth-order valence-electron chi connectivity index (χ4n) is 5.87. The zero-order chi connectivity index (χ0) is 36.1. The van der Waals surface area contributed by atoms with E-state index in [1.165, 1.54) is 41.3 Å². The summed E-state index contributed by atoms with van der Waals surface area (Å²) in [6.07, 6.45) is -1.38. The molecule has 14 heteroatoms. The Bertz CT molecular complexity index is 1930. The molecular weight excluding hydrogens is 734 g/mol. The van der Waals surface area contributed by atoms with Crippen LogP contribution in [0.3, 0.4) is 0 Å². The van der Waals surface area contributed by atoms with E-state index in [-0.39, 0.29) is 39.0 Å². The van der Waals surface area contributed by atoms with Crippen LogP contribution in [0, 0.1) is 0 Å². The van der Waals surface area contributed by atoms with Gasteiger partial charge in [-0.05, 0) is 66.4 Å². The zero-order valence-electron chi connectivity index (χ0n) is 26.5. The molecule has 0 unspecified atom stereocenters. The van der Waals surface area contributed by atoms with Gasteiger partial charge in [-0.25, -0.2) is 8.42 Å². The Hall–Kier alpha value is -3.77. The average molecular weight is 767 g/mol. The van der Waals surface area contributed by atoms with Crippen molar-refractivity contribution in [1.29, 1.82) is 0 Å². The molecule has 0 aromatic heterocycles. The van der Waals surface area contributed by atoms with Gasteiger partial charge in [0, 0.05) is 19.0 Å². The number of nitrogens with zero attached hydrogens (tertiary/aromatic N) is 2. The van der Waals surface area contributed by atoms with E-state index in [1.807, 2.05) is 0 Å². The van der Waals surface area contributed by atoms with E-state index in [9.17, 15) is 31.2 Å². The Labute approximate surface area is 304 Å². The number of alkyl halides is 3. The highest BCUT2D eigenvalue weighted by atomic mass is 35.5. The Balaban J connectivity index is 1.63. The van der Waals surface area contributed by atoms with Gasteiger partial charge in [-0.3, -0.25) is 13.9 Å². The average Bonchev–Trinajstić information content (AvgIpc) is 3.60. The van der Waals surface area contributed by atoms with Crippen LogP contribution in [-0.4, -0.2) is 43.8 Å². The van der Waals surface area contributed by atoms with Gasteiger partial charge in [0.15, 0.2) is 0 Å². The summed E-state index contributed by atoms with van der Waals surface area (Å²) < 4.78 is 70.6. The molecule has 1 aliphatic carbocycles. The molecule has 50 heavy (non-hydrogen) atoms. The van der Waals surface area contributed by atoms with Crippen molar-refractivity contribution in [3.8, 4) is 0 Å². The molecule has 1 saturated carbocycles. The number of hydrogen-bond acceptors (Lipinski definition) is 4. The minimum absolute atomic E-state index is 0.0577. The van der Waals surface area contributed by atoms with E-state index >= 15 is 0 Å². The van der Waals surface area contributed by atoms with Gasteiger partial charge in [0.1, 0.15) is 12.6 Å². The Morgan fingerprint density at radius 1 is 0.800 bits per heavy atom. The van der Waals surface area contributed by atoms with Crippen molar-refractivity contribution in [2.75, 3.05) is 10.8 Å². The molecule has 1 N–H and O–H groups in total. The Kier molecular flexibility index (Phi) is 12.0. The number of amides is 2. The Morgan fingerprint density at radius 3 is 2.04 bits per heavy atom. The molecule has 264 valence electrons. The molecule has 4 aromatic rings. The molecule has 4 aromatic carbocycles. The summed E-state index contributed by atoms with van der Waals surface area (Å²) in [7, 11) is -4.68. The lowest BCUT2D eigenvalue weighted by molar-refractivity contribution is -0.140. The highest BCUT2D eigenvalue weighted by molar-refractivity contribution is 7.92. The first-order chi connectivity index (χ1) is 23.7. The predicted molar refractivity (Wildman–Crippen MR) is 189 cm³/mol. The first kappa shape index (κ1) is 37.5. The van der Waals surface area contributed by atoms with Crippen LogP contribution < -0.4 is 9.62 Å². The van der Waals surface area contributed by atoms with Crippen molar-refractivity contribution in [3.05, 3.63) is 129 Å². The summed E-state index contributed by atoms with van der Waals surface area (Å²) in [6.45, 7) is -1.19. The van der Waals surface area contributed by atoms with Crippen molar-refractivity contribution in [3.63, 3.8) is 0 Å². The van der Waals surface area contributed by atoms with Crippen LogP contribution >= 0.6 is 34.8 Å². The van der Waals surface area contributed by atoms with Gasteiger partial charge in [0.2, 0.25) is 11.8 Å². The van der Waals surface area contributed by atoms with Crippen LogP contribution in [0.15, 0.2) is 102 Å². The zero-order valence-corrected chi connectivity index (χ0v) is 29.6. The second kappa shape index (κ2) is 16.1. The van der Waals surface area contributed by atoms with Crippen LogP contribution in [0.25, 0.3) is 0 Å². The van der Waals surface area contributed by atoms with Crippen molar-refractivity contribution in [2.24, 2.45) is 0 Å². The van der Waals surface area contributed by atoms with Gasteiger partial charge in [-0.15, -0.1) is 0 Å². The standard InChI is InChI=1S/C36H33Cl3F3N3O4S/c37-29-17-15-25(19-31(29)39)22-44(33(20-24-9-3-1-4-10-24)35(47)43-27-11-7-8-12-27)34(46)23-45(50(48,49)28-13-5-2-6-14-28)32-21-26(36(40,41)42)16-18-30(32)38/h1-6,9-10,13-19,21,27,33H,7-8,11-12,20,22-23H2,(H,43,47)/t33-/m1/s1. The number of nitrogens with one attached hydrogen (secondary N) is 1. The molecule has 0 heterocycles. The fraction of sp³-hybridized carbons (Fsp3) is 0.278. The number of benzene rings is 4. The van der Waals surface area contributed by atoms with Gasteiger partial charge in [0.25, 0.3) is 10.0 Å². The number of sulfonamides is 1. The number of carbonyl (C=O) groups excluding carboxylic acids is 2. The number of rotatable bonds is 12. The lowest BCUT2D eigenvalue weighted by Gasteiger charge is -2.34. The maximum absolute atomic E-state index is 14.6. The lowest BCUT2D eigenvalue weighted by Crippen LogP contribution is -2.54. The normalized spacial score (nSPS) is 14.3. The minimum atomic E-state index is -4.84. The molecule has 0 spiro atoms. The quantitative estimate of drug-likeness (QED) is 0.157. The second-order valence-electron chi connectivity index (χ2n) is 12.0. The van der Waals surface area contributed by atoms with Crippen LogP contribution in [0.5, 0.6) is 0 Å². The van der Waals surface area contributed by atoms with Gasteiger partial charge in [-0.2, -0.15) is 13.2 Å². The Morgan fingerprint density at radius 2 is 1.42 bits per heavy atom. The van der Waals surface area contributed by atoms with E-state index in [1.54, 1.807) is 42.5 Å². The smallest absolute Gasteiger partial charge is 0.352 e. The molecule has 0 radical (unpaired) electrons. The maximum atomic E-state index is 14.6. The van der Waals surface area contributed by atoms with E-state index in [2.05, 4.69) is 5.32 Å². The SMILES string of the molecule is O=C(NC1CCCC1)[C@@H](Cc1ccccc1)N(Cc1ccc(Cl)c(Cl)c1)C(=O)CN(c1cc(C(F)(F)F)ccc1Cl)S(=O)(=O)c1ccccc1. The molecular formula is C36H33Cl3F3N3O4S. The number of carbonyl (C=O) groups is 2. The molecule has 1 atom stereocenters. The fourth-order valence-corrected chi connectivity index (χ4v) is 7.91. The summed E-state index contributed by atoms with van der Waals surface area (Å²) in [5.41, 5.74) is -0.513. The van der Waals surface area contributed by atoms with Gasteiger partial charge < -0.3 is 10.2 Å². The van der Waals surface area contributed by atoms with Crippen molar-refractivity contribution in [1.82, 2.24) is 10.2 Å². The summed E-state index contributed by atoms with van der Waals surface area (Å²) in [5, 5.41) is 3.17. The molecule has 2 amide bonds. The van der Waals surface area contributed by atoms with Crippen LogP contribution in [0.2, 0.25) is 15.1 Å². The summed E-state index contributed by atoms with van der Waals surface area (Å²) in [5.74, 6) is -1.32. The van der Waals surface area contributed by atoms with Crippen LogP contribution in [-0.2, 0) is 38.8 Å². The van der Waals surface area contributed by atoms with E-state index in [4.69, 9.17) is 34.8 Å². The summed E-state index contributed by atoms with van der Waals surface area (Å²) in [4.78, 5) is 29.7. The van der Waals surface area contributed by atoms with Crippen molar-refractivity contribution < 1.29 is 31.2 Å². The van der Waals surface area contributed by atoms with Crippen molar-refractivity contribution in [2.45, 2.75) is 61.8 Å². The highest BCUT2D eigenvalue weighted by Crippen LogP contribution is 2.37. The molecule has 0 bridgehead atoms. The molecule has 0 aliphatic heterocycles. The molecule has 7 nitrogen and oxygen atoms in total. The third kappa shape index (κ3) is 9.11. The summed E-state index contributed by atoms with van der Waals surface area (Å²) in [6, 6.07) is 21.6. The third-order valence-electron chi connectivity index (χ3n) is 8.46. The molecule has 1 aliphatic rings. The monoisotopic (exact) mass is 765 g/mol. The largest absolute Gasteiger partial charge is 0.416 e. The molecule has 0 saturated heterocycles. The van der Waals surface area contributed by atoms with Crippen LogP contribution in [0.4, 0.5) is 18.9 Å². The van der Waals surface area contributed by atoms with Gasteiger partial charge >= 0.3 is 6.18 Å². The van der Waals surface area contributed by atoms with E-state index in [0.29, 0.717) is 15.9 Å². The number of halogens is 6. The van der Waals surface area contributed by atoms with Crippen molar-refractivity contribution >= 4 is 62.3 Å². The lowest BCUT2D eigenvalue weighted by atomic mass is 10.0. The van der Waals surface area contributed by atoms with E-state index in [0.717, 1.165) is 43.4 Å². The van der Waals surface area contributed by atoms with Crippen LogP contribution in [0.1, 0.15) is 42.4 Å². The second-order valence-corrected chi connectivity index (χ2v) is 15.0. The topological polar surface area (TPSA) is 86.8 Å². The molecule has 1 fully saturated rings.